The molecule has 0 N–H and O–H groups in total. The number of hydrogen-bond acceptors (Lipinski definition) is 7. The van der Waals surface area contributed by atoms with Crippen molar-refractivity contribution in [3.05, 3.63) is 0 Å². The number of methoxy groups -OCH3 is 1. The lowest BCUT2D eigenvalue weighted by Crippen LogP contribution is -2.45. The standard InChI is InChI=1S/C16H29N3O7/c1-6-7-25-15(22)12-18(3)13(20)10-17(2)14(21)11-19(4)16(23)26-9-8-24-5/h6-12H2,1-5H3. The summed E-state index contributed by atoms with van der Waals surface area (Å²) in [6.07, 6.45) is 0.0353. The van der Waals surface area contributed by atoms with Gasteiger partial charge in [0.2, 0.25) is 11.8 Å². The Morgan fingerprint density at radius 3 is 1.81 bits per heavy atom. The number of rotatable bonds is 11. The highest BCUT2D eigenvalue weighted by atomic mass is 16.6. The van der Waals surface area contributed by atoms with E-state index in [2.05, 4.69) is 0 Å². The molecule has 0 aliphatic heterocycles. The van der Waals surface area contributed by atoms with Gasteiger partial charge in [-0.3, -0.25) is 14.4 Å². The van der Waals surface area contributed by atoms with Gasteiger partial charge in [-0.1, -0.05) is 6.92 Å². The maximum absolute atomic E-state index is 12.1. The van der Waals surface area contributed by atoms with E-state index < -0.39 is 23.9 Å². The fourth-order valence-electron chi connectivity index (χ4n) is 1.67. The molecule has 0 unspecified atom stereocenters. The van der Waals surface area contributed by atoms with Gasteiger partial charge in [-0.2, -0.15) is 0 Å². The molecule has 0 aromatic carbocycles. The topological polar surface area (TPSA) is 106 Å². The predicted molar refractivity (Wildman–Crippen MR) is 92.4 cm³/mol. The number of amides is 3. The molecule has 0 spiro atoms. The molecule has 26 heavy (non-hydrogen) atoms. The minimum Gasteiger partial charge on any atom is -0.464 e. The third kappa shape index (κ3) is 9.82. The first-order valence-electron chi connectivity index (χ1n) is 8.23. The molecule has 0 saturated carbocycles. The fourth-order valence-corrected chi connectivity index (χ4v) is 1.67. The number of hydrogen-bond donors (Lipinski definition) is 0. The van der Waals surface area contributed by atoms with E-state index in [4.69, 9.17) is 14.2 Å². The summed E-state index contributed by atoms with van der Waals surface area (Å²) in [6.45, 7) is 1.86. The van der Waals surface area contributed by atoms with Gasteiger partial charge in [0, 0.05) is 28.3 Å². The SMILES string of the molecule is CCCOC(=O)CN(C)C(=O)CN(C)C(=O)CN(C)C(=O)OCCOC. The molecule has 0 aliphatic carbocycles. The summed E-state index contributed by atoms with van der Waals surface area (Å²) >= 11 is 0. The van der Waals surface area contributed by atoms with Crippen molar-refractivity contribution in [1.29, 1.82) is 0 Å². The average Bonchev–Trinajstić information content (AvgIpc) is 2.59. The first-order chi connectivity index (χ1) is 12.2. The molecule has 150 valence electrons. The third-order valence-corrected chi connectivity index (χ3v) is 3.25. The summed E-state index contributed by atoms with van der Waals surface area (Å²) in [7, 11) is 5.78. The molecule has 0 heterocycles. The number of nitrogens with zero attached hydrogens (tertiary/aromatic N) is 3. The highest BCUT2D eigenvalue weighted by molar-refractivity contribution is 5.88. The van der Waals surface area contributed by atoms with Crippen LogP contribution < -0.4 is 0 Å². The van der Waals surface area contributed by atoms with Crippen molar-refractivity contribution in [3.63, 3.8) is 0 Å². The molecule has 10 heteroatoms. The van der Waals surface area contributed by atoms with E-state index in [0.717, 1.165) is 4.90 Å². The molecule has 0 aromatic rings. The quantitative estimate of drug-likeness (QED) is 0.356. The minimum absolute atomic E-state index is 0.0844. The second kappa shape index (κ2) is 12.9. The van der Waals surface area contributed by atoms with Crippen molar-refractivity contribution >= 4 is 23.9 Å². The number of likely N-dealkylation sites (N-methyl/N-ethyl adjacent to an activating group) is 3. The summed E-state index contributed by atoms with van der Waals surface area (Å²) in [6, 6.07) is 0. The number of carbonyl (C=O) groups is 4. The highest BCUT2D eigenvalue weighted by Crippen LogP contribution is 1.96. The van der Waals surface area contributed by atoms with Crippen LogP contribution in [0.5, 0.6) is 0 Å². The maximum Gasteiger partial charge on any atom is 0.410 e. The van der Waals surface area contributed by atoms with Crippen molar-refractivity contribution in [2.24, 2.45) is 0 Å². The Labute approximate surface area is 153 Å². The van der Waals surface area contributed by atoms with Gasteiger partial charge in [0.15, 0.2) is 0 Å². The van der Waals surface area contributed by atoms with Crippen molar-refractivity contribution in [2.45, 2.75) is 13.3 Å². The maximum atomic E-state index is 12.1. The predicted octanol–water partition coefficient (Wildman–Crippen LogP) is -0.429. The van der Waals surface area contributed by atoms with Crippen LogP contribution in [0.25, 0.3) is 0 Å². The van der Waals surface area contributed by atoms with Crippen LogP contribution in [0.1, 0.15) is 13.3 Å². The fraction of sp³-hybridized carbons (Fsp3) is 0.750. The molecule has 10 nitrogen and oxygen atoms in total. The average molecular weight is 375 g/mol. The lowest BCUT2D eigenvalue weighted by molar-refractivity contribution is -0.149. The van der Waals surface area contributed by atoms with Gasteiger partial charge in [0.25, 0.3) is 0 Å². The summed E-state index contributed by atoms with van der Waals surface area (Å²) in [5, 5.41) is 0. The number of carbonyl (C=O) groups excluding carboxylic acids is 4. The molecule has 0 bridgehead atoms. The van der Waals surface area contributed by atoms with E-state index in [1.54, 1.807) is 0 Å². The minimum atomic E-state index is -0.661. The Bertz CT molecular complexity index is 484. The van der Waals surface area contributed by atoms with E-state index >= 15 is 0 Å². The Morgan fingerprint density at radius 2 is 1.27 bits per heavy atom. The van der Waals surface area contributed by atoms with Gasteiger partial charge in [-0.15, -0.1) is 0 Å². The number of esters is 1. The lowest BCUT2D eigenvalue weighted by atomic mass is 10.4. The summed E-state index contributed by atoms with van der Waals surface area (Å²) in [5.41, 5.74) is 0. The second-order valence-electron chi connectivity index (χ2n) is 5.68. The van der Waals surface area contributed by atoms with Gasteiger partial charge in [0.1, 0.15) is 19.7 Å². The van der Waals surface area contributed by atoms with Gasteiger partial charge < -0.3 is 28.9 Å². The molecule has 3 amide bonds. The third-order valence-electron chi connectivity index (χ3n) is 3.25. The molecule has 0 aliphatic rings. The first-order valence-corrected chi connectivity index (χ1v) is 8.23. The van der Waals surface area contributed by atoms with E-state index in [1.807, 2.05) is 6.92 Å². The summed E-state index contributed by atoms with van der Waals surface area (Å²) in [4.78, 5) is 50.8. The van der Waals surface area contributed by atoms with Crippen LogP contribution in [0.3, 0.4) is 0 Å². The van der Waals surface area contributed by atoms with Crippen molar-refractivity contribution < 1.29 is 33.4 Å². The smallest absolute Gasteiger partial charge is 0.410 e. The van der Waals surface area contributed by atoms with Crippen LogP contribution in [0.4, 0.5) is 4.79 Å². The Morgan fingerprint density at radius 1 is 0.731 bits per heavy atom. The van der Waals surface area contributed by atoms with Crippen LogP contribution >= 0.6 is 0 Å². The summed E-state index contributed by atoms with van der Waals surface area (Å²) in [5.74, 6) is -1.36. The summed E-state index contributed by atoms with van der Waals surface area (Å²) < 4.78 is 14.5. The second-order valence-corrected chi connectivity index (χ2v) is 5.68. The Hall–Kier alpha value is -2.36. The number of ether oxygens (including phenoxy) is 3. The molecule has 0 radical (unpaired) electrons. The molecule has 0 saturated heterocycles. The van der Waals surface area contributed by atoms with Crippen LogP contribution in [0.2, 0.25) is 0 Å². The van der Waals surface area contributed by atoms with E-state index in [1.165, 1.54) is 38.1 Å². The van der Waals surface area contributed by atoms with Gasteiger partial charge in [0.05, 0.1) is 19.8 Å². The van der Waals surface area contributed by atoms with E-state index in [0.29, 0.717) is 13.0 Å². The van der Waals surface area contributed by atoms with Crippen LogP contribution in [0, 0.1) is 0 Å². The van der Waals surface area contributed by atoms with Gasteiger partial charge >= 0.3 is 12.1 Å². The first kappa shape index (κ1) is 23.6. The Balaban J connectivity index is 4.32. The normalized spacial score (nSPS) is 10.0. The zero-order chi connectivity index (χ0) is 20.1. The Kier molecular flexibility index (Phi) is 11.8. The zero-order valence-corrected chi connectivity index (χ0v) is 16.1. The molecule has 0 rings (SSSR count). The van der Waals surface area contributed by atoms with Crippen LogP contribution in [-0.4, -0.2) is 106 Å². The molecular formula is C16H29N3O7. The van der Waals surface area contributed by atoms with Crippen LogP contribution in [0.15, 0.2) is 0 Å². The molecular weight excluding hydrogens is 346 g/mol. The largest absolute Gasteiger partial charge is 0.464 e. The van der Waals surface area contributed by atoms with Gasteiger partial charge in [-0.05, 0) is 6.42 Å². The lowest BCUT2D eigenvalue weighted by Gasteiger charge is -2.23. The van der Waals surface area contributed by atoms with Gasteiger partial charge in [-0.25, -0.2) is 4.79 Å². The van der Waals surface area contributed by atoms with Crippen LogP contribution in [-0.2, 0) is 28.6 Å². The van der Waals surface area contributed by atoms with E-state index in [9.17, 15) is 19.2 Å². The van der Waals surface area contributed by atoms with Crippen molar-refractivity contribution in [2.75, 3.05) is 67.7 Å². The van der Waals surface area contributed by atoms with E-state index in [-0.39, 0.29) is 32.8 Å². The molecule has 0 aromatic heterocycles. The monoisotopic (exact) mass is 375 g/mol. The highest BCUT2D eigenvalue weighted by Gasteiger charge is 2.21. The van der Waals surface area contributed by atoms with Crippen molar-refractivity contribution in [3.8, 4) is 0 Å². The zero-order valence-electron chi connectivity index (χ0n) is 16.1. The molecule has 0 fully saturated rings. The van der Waals surface area contributed by atoms with Crippen molar-refractivity contribution in [1.82, 2.24) is 14.7 Å². The molecule has 0 atom stereocenters.